The van der Waals surface area contributed by atoms with Gasteiger partial charge in [-0.15, -0.1) is 0 Å². The van der Waals surface area contributed by atoms with Gasteiger partial charge in [0.15, 0.2) is 5.75 Å². The number of ether oxygens (including phenoxy) is 3. The van der Waals surface area contributed by atoms with Crippen molar-refractivity contribution in [3.8, 4) is 22.8 Å². The van der Waals surface area contributed by atoms with Gasteiger partial charge in [0.1, 0.15) is 28.9 Å². The molecule has 0 unspecified atom stereocenters. The van der Waals surface area contributed by atoms with Crippen molar-refractivity contribution in [1.82, 2.24) is 20.1 Å². The zero-order chi connectivity index (χ0) is 21.4. The molecule has 10 nitrogen and oxygen atoms in total. The molecule has 3 rings (SSSR count). The molecule has 29 heavy (non-hydrogen) atoms. The number of aliphatic hydroxyl groups is 1. The molecule has 158 valence electrons. The summed E-state index contributed by atoms with van der Waals surface area (Å²) in [4.78, 5) is 17.7. The largest absolute Gasteiger partial charge is 0.494 e. The summed E-state index contributed by atoms with van der Waals surface area (Å²) in [6.07, 6.45) is 1.98. The normalized spacial score (nSPS) is 16.7. The molecule has 1 aliphatic rings. The smallest absolute Gasteiger partial charge is 0.410 e. The Kier molecular flexibility index (Phi) is 5.31. The van der Waals surface area contributed by atoms with E-state index in [0.29, 0.717) is 28.6 Å². The van der Waals surface area contributed by atoms with Gasteiger partial charge in [0.25, 0.3) is 0 Å². The number of methoxy groups -OCH3 is 1. The maximum absolute atomic E-state index is 12.1. The minimum atomic E-state index is -1.22. The molecule has 10 heteroatoms. The monoisotopic (exact) mass is 405 g/mol. The second-order valence-electron chi connectivity index (χ2n) is 8.12. The number of amides is 1. The van der Waals surface area contributed by atoms with Crippen LogP contribution in [-0.2, 0) is 4.74 Å². The van der Waals surface area contributed by atoms with E-state index in [9.17, 15) is 9.90 Å². The van der Waals surface area contributed by atoms with Gasteiger partial charge in [-0.1, -0.05) is 0 Å². The Morgan fingerprint density at radius 3 is 2.55 bits per heavy atom. The number of likely N-dealkylation sites (tertiary alicyclic amines) is 1. The molecule has 0 aliphatic carbocycles. The predicted molar refractivity (Wildman–Crippen MR) is 106 cm³/mol. The van der Waals surface area contributed by atoms with Gasteiger partial charge >= 0.3 is 6.09 Å². The number of nitrogens with one attached hydrogen (secondary N) is 1. The van der Waals surface area contributed by atoms with Crippen LogP contribution in [-0.4, -0.2) is 68.8 Å². The highest BCUT2D eigenvalue weighted by molar-refractivity contribution is 5.74. The lowest BCUT2D eigenvalue weighted by Gasteiger charge is -2.48. The van der Waals surface area contributed by atoms with Crippen LogP contribution in [0.1, 0.15) is 27.7 Å². The van der Waals surface area contributed by atoms with Gasteiger partial charge in [0.2, 0.25) is 0 Å². The van der Waals surface area contributed by atoms with Crippen LogP contribution in [0.2, 0.25) is 0 Å². The van der Waals surface area contributed by atoms with Crippen molar-refractivity contribution in [2.24, 2.45) is 0 Å². The van der Waals surface area contributed by atoms with Crippen molar-refractivity contribution < 1.29 is 24.1 Å². The number of nitrogens with two attached hydrogens (primary N) is 1. The molecule has 3 heterocycles. The Balaban J connectivity index is 1.75. The Hall–Kier alpha value is -3.01. The summed E-state index contributed by atoms with van der Waals surface area (Å²) in [7, 11) is 1.52. The van der Waals surface area contributed by atoms with Crippen LogP contribution in [0.15, 0.2) is 18.5 Å². The second-order valence-corrected chi connectivity index (χ2v) is 8.12. The number of hydrogen-bond acceptors (Lipinski definition) is 8. The van der Waals surface area contributed by atoms with Crippen molar-refractivity contribution in [3.05, 3.63) is 18.5 Å². The van der Waals surface area contributed by atoms with E-state index in [-0.39, 0.29) is 13.1 Å². The molecule has 0 radical (unpaired) electrons. The van der Waals surface area contributed by atoms with E-state index >= 15 is 0 Å². The third-order valence-corrected chi connectivity index (χ3v) is 4.60. The quantitative estimate of drug-likeness (QED) is 0.685. The lowest BCUT2D eigenvalue weighted by atomic mass is 9.89. The first-order valence-corrected chi connectivity index (χ1v) is 9.22. The number of rotatable bonds is 5. The SMILES string of the molecule is COc1cncc(O[C@H](C)C2(O)CN(C(=O)OC(C)(C)C)C2)c1-c1cc(N)n[nH]1. The highest BCUT2D eigenvalue weighted by Crippen LogP contribution is 2.39. The fraction of sp³-hybridized carbons (Fsp3) is 0.526. The molecular weight excluding hydrogens is 378 g/mol. The fourth-order valence-corrected chi connectivity index (χ4v) is 3.03. The number of hydrogen-bond donors (Lipinski definition) is 3. The fourth-order valence-electron chi connectivity index (χ4n) is 3.03. The Bertz CT molecular complexity index is 885. The average Bonchev–Trinajstić information content (AvgIpc) is 3.02. The molecule has 1 saturated heterocycles. The topological polar surface area (TPSA) is 136 Å². The van der Waals surface area contributed by atoms with Crippen LogP contribution >= 0.6 is 0 Å². The van der Waals surface area contributed by atoms with Crippen molar-refractivity contribution in [3.63, 3.8) is 0 Å². The molecule has 2 aromatic rings. The number of nitrogen functional groups attached to an aromatic ring is 1. The summed E-state index contributed by atoms with van der Waals surface area (Å²) in [6, 6.07) is 1.65. The summed E-state index contributed by atoms with van der Waals surface area (Å²) in [5.74, 6) is 1.18. The maximum atomic E-state index is 12.1. The number of β-amino-alcohol motifs (C(OH)–C–C–N with tert-alkyl or cyclic N) is 1. The third kappa shape index (κ3) is 4.37. The standard InChI is InChI=1S/C19H27N5O5/c1-11(19(26)9-24(10-19)17(25)29-18(2,3)4)28-14-8-21-7-13(27-5)16(14)12-6-15(20)23-22-12/h6-8,11,26H,9-10H2,1-5H3,(H3,20,22,23)/t11-/m1/s1. The van der Waals surface area contributed by atoms with Crippen LogP contribution in [0.4, 0.5) is 10.6 Å². The molecule has 4 N–H and O–H groups in total. The second kappa shape index (κ2) is 7.43. The first-order valence-electron chi connectivity index (χ1n) is 9.22. The maximum Gasteiger partial charge on any atom is 0.410 e. The third-order valence-electron chi connectivity index (χ3n) is 4.60. The van der Waals surface area contributed by atoms with Crippen molar-refractivity contribution in [2.45, 2.75) is 45.0 Å². The van der Waals surface area contributed by atoms with E-state index in [2.05, 4.69) is 15.2 Å². The number of H-pyrrole nitrogens is 1. The molecule has 0 spiro atoms. The van der Waals surface area contributed by atoms with Crippen LogP contribution in [0, 0.1) is 0 Å². The molecule has 0 bridgehead atoms. The zero-order valence-corrected chi connectivity index (χ0v) is 17.2. The number of aromatic nitrogens is 3. The lowest BCUT2D eigenvalue weighted by molar-refractivity contribution is -0.146. The van der Waals surface area contributed by atoms with E-state index < -0.39 is 23.4 Å². The predicted octanol–water partition coefficient (Wildman–Crippen LogP) is 1.81. The minimum absolute atomic E-state index is 0.104. The molecule has 1 aliphatic heterocycles. The van der Waals surface area contributed by atoms with Gasteiger partial charge in [-0.05, 0) is 27.7 Å². The van der Waals surface area contributed by atoms with Gasteiger partial charge in [-0.3, -0.25) is 10.1 Å². The molecule has 1 amide bonds. The van der Waals surface area contributed by atoms with Gasteiger partial charge in [0.05, 0.1) is 43.9 Å². The van der Waals surface area contributed by atoms with E-state index in [0.717, 1.165) is 0 Å². The number of carbonyl (C=O) groups excluding carboxylic acids is 1. The van der Waals surface area contributed by atoms with Crippen LogP contribution < -0.4 is 15.2 Å². The first kappa shape index (κ1) is 20.7. The van der Waals surface area contributed by atoms with E-state index in [1.54, 1.807) is 40.0 Å². The van der Waals surface area contributed by atoms with Crippen LogP contribution in [0.25, 0.3) is 11.3 Å². The summed E-state index contributed by atoms with van der Waals surface area (Å²) >= 11 is 0. The van der Waals surface area contributed by atoms with E-state index in [4.69, 9.17) is 19.9 Å². The summed E-state index contributed by atoms with van der Waals surface area (Å²) < 4.78 is 16.7. The zero-order valence-electron chi connectivity index (χ0n) is 17.2. The average molecular weight is 405 g/mol. The molecule has 0 aromatic carbocycles. The van der Waals surface area contributed by atoms with E-state index in [1.165, 1.54) is 18.2 Å². The van der Waals surface area contributed by atoms with Gasteiger partial charge < -0.3 is 30.0 Å². The molecule has 1 fully saturated rings. The van der Waals surface area contributed by atoms with Crippen molar-refractivity contribution in [1.29, 1.82) is 0 Å². The van der Waals surface area contributed by atoms with Crippen LogP contribution in [0.3, 0.4) is 0 Å². The number of pyridine rings is 1. The highest BCUT2D eigenvalue weighted by atomic mass is 16.6. The summed E-state index contributed by atoms with van der Waals surface area (Å²) in [5.41, 5.74) is 5.09. The molecule has 0 saturated carbocycles. The minimum Gasteiger partial charge on any atom is -0.494 e. The summed E-state index contributed by atoms with van der Waals surface area (Å²) in [5, 5.41) is 17.6. The first-order chi connectivity index (χ1) is 13.5. The molecular formula is C19H27N5O5. The van der Waals surface area contributed by atoms with Gasteiger partial charge in [-0.2, -0.15) is 5.10 Å². The van der Waals surface area contributed by atoms with Crippen molar-refractivity contribution >= 4 is 11.9 Å². The van der Waals surface area contributed by atoms with Crippen molar-refractivity contribution in [2.75, 3.05) is 25.9 Å². The number of anilines is 1. The lowest BCUT2D eigenvalue weighted by Crippen LogP contribution is -2.69. The summed E-state index contributed by atoms with van der Waals surface area (Å²) in [6.45, 7) is 7.32. The Morgan fingerprint density at radius 2 is 2.00 bits per heavy atom. The highest BCUT2D eigenvalue weighted by Gasteiger charge is 2.50. The number of aromatic amines is 1. The number of nitrogens with zero attached hydrogens (tertiary/aromatic N) is 3. The number of carbonyl (C=O) groups is 1. The van der Waals surface area contributed by atoms with Crippen LogP contribution in [0.5, 0.6) is 11.5 Å². The Morgan fingerprint density at radius 1 is 1.34 bits per heavy atom. The van der Waals surface area contributed by atoms with E-state index in [1.807, 2.05) is 0 Å². The Labute approximate surface area is 169 Å². The van der Waals surface area contributed by atoms with Gasteiger partial charge in [0, 0.05) is 6.07 Å². The molecule has 2 aromatic heterocycles. The van der Waals surface area contributed by atoms with Gasteiger partial charge in [-0.25, -0.2) is 4.79 Å². The molecule has 1 atom stereocenters.